The smallest absolute Gasteiger partial charge is 0.0372 e. The Bertz CT molecular complexity index is 365. The summed E-state index contributed by atoms with van der Waals surface area (Å²) in [5.41, 5.74) is 3.23. The van der Waals surface area contributed by atoms with Crippen LogP contribution in [0.5, 0.6) is 0 Å². The number of hydrogen-bond acceptors (Lipinski definition) is 1. The molecule has 1 unspecified atom stereocenters. The summed E-state index contributed by atoms with van der Waals surface area (Å²) in [5, 5.41) is 3.62. The van der Waals surface area contributed by atoms with Crippen LogP contribution in [0.15, 0.2) is 22.7 Å². The van der Waals surface area contributed by atoms with Crippen molar-refractivity contribution in [3.63, 3.8) is 0 Å². The predicted molar refractivity (Wildman–Crippen MR) is 68.0 cm³/mol. The van der Waals surface area contributed by atoms with E-state index in [9.17, 15) is 0 Å². The van der Waals surface area contributed by atoms with Gasteiger partial charge in [-0.2, -0.15) is 0 Å². The number of rotatable bonds is 0. The number of fused-ring (bicyclic) bond motifs is 1. The van der Waals surface area contributed by atoms with E-state index in [2.05, 4.69) is 60.2 Å². The first-order chi connectivity index (χ1) is 6.98. The maximum absolute atomic E-state index is 3.62. The molecule has 1 atom stereocenters. The molecule has 1 aromatic carbocycles. The molecule has 0 aromatic heterocycles. The Morgan fingerprint density at radius 3 is 2.73 bits per heavy atom. The molecule has 0 saturated carbocycles. The van der Waals surface area contributed by atoms with Crippen LogP contribution in [0, 0.1) is 5.41 Å². The Morgan fingerprint density at radius 1 is 1.33 bits per heavy atom. The van der Waals surface area contributed by atoms with Crippen LogP contribution in [-0.2, 0) is 6.42 Å². The van der Waals surface area contributed by atoms with Gasteiger partial charge in [0.05, 0.1) is 0 Å². The van der Waals surface area contributed by atoms with E-state index in [1.54, 1.807) is 0 Å². The maximum Gasteiger partial charge on any atom is 0.0372 e. The Hall–Kier alpha value is -0.340. The third kappa shape index (κ3) is 2.26. The lowest BCUT2D eigenvalue weighted by Gasteiger charge is -2.36. The van der Waals surface area contributed by atoms with Crippen molar-refractivity contribution in [1.82, 2.24) is 5.32 Å². The van der Waals surface area contributed by atoms with Gasteiger partial charge in [-0.25, -0.2) is 0 Å². The second-order valence-electron chi connectivity index (χ2n) is 5.35. The molecule has 15 heavy (non-hydrogen) atoms. The largest absolute Gasteiger partial charge is 0.309 e. The van der Waals surface area contributed by atoms with Gasteiger partial charge in [0.15, 0.2) is 0 Å². The number of halogens is 1. The second-order valence-corrected chi connectivity index (χ2v) is 6.26. The first-order valence-corrected chi connectivity index (χ1v) is 6.29. The molecule has 0 radical (unpaired) electrons. The quantitative estimate of drug-likeness (QED) is 0.756. The highest BCUT2D eigenvalue weighted by molar-refractivity contribution is 9.10. The van der Waals surface area contributed by atoms with Crippen LogP contribution in [0.1, 0.15) is 37.9 Å². The highest BCUT2D eigenvalue weighted by Gasteiger charge is 2.29. The fourth-order valence-electron chi connectivity index (χ4n) is 2.30. The SMILES string of the molecule is CC(C)(C)C1NCCc2ccc(Br)cc21. The molecule has 0 fully saturated rings. The van der Waals surface area contributed by atoms with Crippen molar-refractivity contribution in [3.8, 4) is 0 Å². The second kappa shape index (κ2) is 3.91. The van der Waals surface area contributed by atoms with Crippen molar-refractivity contribution < 1.29 is 0 Å². The van der Waals surface area contributed by atoms with Gasteiger partial charge in [-0.1, -0.05) is 42.8 Å². The van der Waals surface area contributed by atoms with Crippen molar-refractivity contribution >= 4 is 15.9 Å². The van der Waals surface area contributed by atoms with E-state index >= 15 is 0 Å². The van der Waals surface area contributed by atoms with Gasteiger partial charge in [0.2, 0.25) is 0 Å². The Labute approximate surface area is 100 Å². The van der Waals surface area contributed by atoms with Crippen molar-refractivity contribution in [2.45, 2.75) is 33.2 Å². The van der Waals surface area contributed by atoms with Gasteiger partial charge < -0.3 is 5.32 Å². The van der Waals surface area contributed by atoms with E-state index in [4.69, 9.17) is 0 Å². The van der Waals surface area contributed by atoms with Gasteiger partial charge >= 0.3 is 0 Å². The zero-order valence-corrected chi connectivity index (χ0v) is 11.2. The van der Waals surface area contributed by atoms with Crippen molar-refractivity contribution in [3.05, 3.63) is 33.8 Å². The molecular formula is C13H18BrN. The minimum absolute atomic E-state index is 0.274. The van der Waals surface area contributed by atoms with Gasteiger partial charge in [-0.05, 0) is 41.6 Å². The molecule has 2 heteroatoms. The predicted octanol–water partition coefficient (Wildman–Crippen LogP) is 3.68. The van der Waals surface area contributed by atoms with Crippen molar-refractivity contribution in [2.75, 3.05) is 6.54 Å². The minimum atomic E-state index is 0.274. The van der Waals surface area contributed by atoms with E-state index in [0.29, 0.717) is 6.04 Å². The highest BCUT2D eigenvalue weighted by atomic mass is 79.9. The number of benzene rings is 1. The van der Waals surface area contributed by atoms with E-state index in [1.807, 2.05) is 0 Å². The summed E-state index contributed by atoms with van der Waals surface area (Å²) in [5.74, 6) is 0. The van der Waals surface area contributed by atoms with Gasteiger partial charge in [-0.15, -0.1) is 0 Å². The molecule has 1 heterocycles. The number of nitrogens with one attached hydrogen (secondary N) is 1. The fourth-order valence-corrected chi connectivity index (χ4v) is 2.67. The zero-order chi connectivity index (χ0) is 11.1. The lowest BCUT2D eigenvalue weighted by molar-refractivity contribution is 0.263. The summed E-state index contributed by atoms with van der Waals surface area (Å²) < 4.78 is 1.18. The molecule has 0 aliphatic carbocycles. The number of hydrogen-bond donors (Lipinski definition) is 1. The zero-order valence-electron chi connectivity index (χ0n) is 9.60. The molecule has 1 aromatic rings. The third-order valence-electron chi connectivity index (χ3n) is 3.03. The van der Waals surface area contributed by atoms with Gasteiger partial charge in [-0.3, -0.25) is 0 Å². The van der Waals surface area contributed by atoms with Crippen LogP contribution in [0.25, 0.3) is 0 Å². The molecule has 1 aliphatic rings. The van der Waals surface area contributed by atoms with Crippen LogP contribution >= 0.6 is 15.9 Å². The molecule has 1 nitrogen and oxygen atoms in total. The monoisotopic (exact) mass is 267 g/mol. The van der Waals surface area contributed by atoms with Crippen LogP contribution in [-0.4, -0.2) is 6.54 Å². The van der Waals surface area contributed by atoms with E-state index in [-0.39, 0.29) is 5.41 Å². The highest BCUT2D eigenvalue weighted by Crippen LogP contribution is 2.37. The average Bonchev–Trinajstić information content (AvgIpc) is 2.15. The molecule has 2 rings (SSSR count). The summed E-state index contributed by atoms with van der Waals surface area (Å²) >= 11 is 3.56. The molecule has 0 spiro atoms. The summed E-state index contributed by atoms with van der Waals surface area (Å²) in [4.78, 5) is 0. The van der Waals surface area contributed by atoms with Crippen LogP contribution in [0.3, 0.4) is 0 Å². The molecular weight excluding hydrogens is 250 g/mol. The van der Waals surface area contributed by atoms with Crippen molar-refractivity contribution in [1.29, 1.82) is 0 Å². The topological polar surface area (TPSA) is 12.0 Å². The first kappa shape index (κ1) is 11.2. The molecule has 0 saturated heterocycles. The van der Waals surface area contributed by atoms with Gasteiger partial charge in [0.1, 0.15) is 0 Å². The summed E-state index contributed by atoms with van der Waals surface area (Å²) in [6.07, 6.45) is 1.15. The Kier molecular flexibility index (Phi) is 2.91. The van der Waals surface area contributed by atoms with Crippen LogP contribution < -0.4 is 5.32 Å². The standard InChI is InChI=1S/C13H18BrN/c1-13(2,3)12-11-8-10(14)5-4-9(11)6-7-15-12/h4-5,8,12,15H,6-7H2,1-3H3. The third-order valence-corrected chi connectivity index (χ3v) is 3.52. The summed E-state index contributed by atoms with van der Waals surface area (Å²) in [6.45, 7) is 7.97. The van der Waals surface area contributed by atoms with Gasteiger partial charge in [0.25, 0.3) is 0 Å². The van der Waals surface area contributed by atoms with Crippen molar-refractivity contribution in [2.24, 2.45) is 5.41 Å². The Morgan fingerprint density at radius 2 is 2.07 bits per heavy atom. The lowest BCUT2D eigenvalue weighted by Crippen LogP contribution is -2.37. The molecule has 1 aliphatic heterocycles. The fraction of sp³-hybridized carbons (Fsp3) is 0.538. The van der Waals surface area contributed by atoms with E-state index < -0.39 is 0 Å². The van der Waals surface area contributed by atoms with Gasteiger partial charge in [0, 0.05) is 10.5 Å². The molecule has 0 amide bonds. The average molecular weight is 268 g/mol. The lowest BCUT2D eigenvalue weighted by atomic mass is 9.78. The van der Waals surface area contributed by atoms with Crippen LogP contribution in [0.2, 0.25) is 0 Å². The van der Waals surface area contributed by atoms with E-state index in [0.717, 1.165) is 13.0 Å². The first-order valence-electron chi connectivity index (χ1n) is 5.50. The maximum atomic E-state index is 3.62. The molecule has 1 N–H and O–H groups in total. The normalized spacial score (nSPS) is 21.2. The summed E-state index contributed by atoms with van der Waals surface area (Å²) in [7, 11) is 0. The minimum Gasteiger partial charge on any atom is -0.309 e. The molecule has 82 valence electrons. The molecule has 0 bridgehead atoms. The Balaban J connectivity index is 2.45. The van der Waals surface area contributed by atoms with Crippen LogP contribution in [0.4, 0.5) is 0 Å². The van der Waals surface area contributed by atoms with E-state index in [1.165, 1.54) is 15.6 Å². The summed E-state index contributed by atoms with van der Waals surface area (Å²) in [6, 6.07) is 7.12.